The van der Waals surface area contributed by atoms with E-state index in [1.165, 1.54) is 0 Å². The van der Waals surface area contributed by atoms with Crippen LogP contribution < -0.4 is 0 Å². The van der Waals surface area contributed by atoms with Crippen LogP contribution in [0.25, 0.3) is 5.69 Å². The lowest BCUT2D eigenvalue weighted by molar-refractivity contribution is -0.132. The van der Waals surface area contributed by atoms with Crippen molar-refractivity contribution >= 4 is 11.8 Å². The van der Waals surface area contributed by atoms with Crippen LogP contribution >= 0.6 is 0 Å². The highest BCUT2D eigenvalue weighted by Gasteiger charge is 2.29. The van der Waals surface area contributed by atoms with E-state index in [9.17, 15) is 9.59 Å². The lowest BCUT2D eigenvalue weighted by Gasteiger charge is -2.25. The molecule has 1 atom stereocenters. The number of aryl methyl sites for hydroxylation is 2. The highest BCUT2D eigenvalue weighted by atomic mass is 16.2. The minimum absolute atomic E-state index is 0.0161. The molecule has 2 aromatic heterocycles. The molecule has 1 fully saturated rings. The van der Waals surface area contributed by atoms with Gasteiger partial charge in [-0.3, -0.25) is 14.6 Å². The maximum absolute atomic E-state index is 13.7. The number of hydrogen-bond acceptors (Lipinski definition) is 4. The van der Waals surface area contributed by atoms with Gasteiger partial charge in [0, 0.05) is 55.7 Å². The molecule has 0 bridgehead atoms. The molecule has 0 spiro atoms. The number of amides is 2. The molecule has 35 heavy (non-hydrogen) atoms. The zero-order valence-electron chi connectivity index (χ0n) is 21.1. The average Bonchev–Trinajstić information content (AvgIpc) is 3.04. The minimum atomic E-state index is -0.0161. The molecule has 4 rings (SSSR count). The first-order valence-corrected chi connectivity index (χ1v) is 12.4. The summed E-state index contributed by atoms with van der Waals surface area (Å²) in [5.74, 6) is 0.561. The van der Waals surface area contributed by atoms with E-state index >= 15 is 0 Å². The molecule has 0 N–H and O–H groups in total. The van der Waals surface area contributed by atoms with Crippen LogP contribution in [0.2, 0.25) is 0 Å². The number of benzene rings is 1. The number of aromatic nitrogens is 3. The van der Waals surface area contributed by atoms with Crippen molar-refractivity contribution in [3.05, 3.63) is 77.4 Å². The number of hydrogen-bond donors (Lipinski definition) is 0. The lowest BCUT2D eigenvalue weighted by atomic mass is 10.0. The first kappa shape index (κ1) is 24.6. The number of carbonyl (C=O) groups excluding carboxylic acids is 2. The molecule has 3 heterocycles. The number of rotatable bonds is 6. The number of nitrogens with zero attached hydrogens (tertiary/aromatic N) is 5. The van der Waals surface area contributed by atoms with Gasteiger partial charge >= 0.3 is 0 Å². The van der Waals surface area contributed by atoms with Gasteiger partial charge in [0.05, 0.1) is 11.4 Å². The molecule has 0 aliphatic carbocycles. The molecular formula is C28H35N5O2. The predicted molar refractivity (Wildman–Crippen MR) is 136 cm³/mol. The third kappa shape index (κ3) is 6.15. The Hall–Kier alpha value is -3.48. The Balaban J connectivity index is 1.57. The summed E-state index contributed by atoms with van der Waals surface area (Å²) in [5, 5.41) is 4.56. The molecule has 1 aliphatic heterocycles. The second-order valence-electron chi connectivity index (χ2n) is 9.97. The van der Waals surface area contributed by atoms with Crippen LogP contribution in [0.15, 0.2) is 54.7 Å². The van der Waals surface area contributed by atoms with E-state index in [1.54, 1.807) is 6.20 Å². The third-order valence-corrected chi connectivity index (χ3v) is 6.39. The second kappa shape index (κ2) is 10.8. The van der Waals surface area contributed by atoms with Crippen molar-refractivity contribution in [3.8, 4) is 5.69 Å². The summed E-state index contributed by atoms with van der Waals surface area (Å²) in [6.45, 7) is 10.4. The maximum Gasteiger partial charge on any atom is 0.254 e. The van der Waals surface area contributed by atoms with Crippen LogP contribution in [0.4, 0.5) is 0 Å². The second-order valence-corrected chi connectivity index (χ2v) is 9.97. The molecule has 3 aromatic rings. The van der Waals surface area contributed by atoms with Crippen molar-refractivity contribution in [2.24, 2.45) is 11.8 Å². The fourth-order valence-corrected chi connectivity index (χ4v) is 4.78. The van der Waals surface area contributed by atoms with Gasteiger partial charge in [-0.1, -0.05) is 26.0 Å². The Morgan fingerprint density at radius 2 is 1.77 bits per heavy atom. The van der Waals surface area contributed by atoms with Gasteiger partial charge in [-0.2, -0.15) is 5.10 Å². The molecular weight excluding hydrogens is 438 g/mol. The normalized spacial score (nSPS) is 16.4. The molecule has 1 saturated heterocycles. The van der Waals surface area contributed by atoms with Crippen molar-refractivity contribution in [1.82, 2.24) is 24.6 Å². The van der Waals surface area contributed by atoms with E-state index in [1.807, 2.05) is 76.9 Å². The van der Waals surface area contributed by atoms with E-state index < -0.39 is 0 Å². The summed E-state index contributed by atoms with van der Waals surface area (Å²) in [5.41, 5.74) is 4.45. The van der Waals surface area contributed by atoms with Crippen LogP contribution in [0.5, 0.6) is 0 Å². The molecule has 1 aromatic carbocycles. The molecule has 7 nitrogen and oxygen atoms in total. The first-order valence-electron chi connectivity index (χ1n) is 12.4. The zero-order chi connectivity index (χ0) is 24.9. The summed E-state index contributed by atoms with van der Waals surface area (Å²) < 4.78 is 1.87. The molecule has 2 amide bonds. The van der Waals surface area contributed by atoms with E-state index in [0.29, 0.717) is 44.1 Å². The Labute approximate surface area is 207 Å². The van der Waals surface area contributed by atoms with E-state index in [0.717, 1.165) is 29.2 Å². The topological polar surface area (TPSA) is 71.3 Å². The van der Waals surface area contributed by atoms with Crippen LogP contribution in [0.3, 0.4) is 0 Å². The Bertz CT molecular complexity index is 1170. The van der Waals surface area contributed by atoms with Gasteiger partial charge in [0.25, 0.3) is 5.91 Å². The molecule has 1 aliphatic rings. The largest absolute Gasteiger partial charge is 0.341 e. The summed E-state index contributed by atoms with van der Waals surface area (Å²) in [6.07, 6.45) is 3.04. The molecule has 0 saturated carbocycles. The number of pyridine rings is 1. The predicted octanol–water partition coefficient (Wildman–Crippen LogP) is 4.07. The summed E-state index contributed by atoms with van der Waals surface area (Å²) in [7, 11) is 0. The van der Waals surface area contributed by atoms with Gasteiger partial charge in [0.2, 0.25) is 5.91 Å². The summed E-state index contributed by atoms with van der Waals surface area (Å²) in [6, 6.07) is 15.5. The highest BCUT2D eigenvalue weighted by molar-refractivity contribution is 5.95. The van der Waals surface area contributed by atoms with E-state index in [-0.39, 0.29) is 17.7 Å². The maximum atomic E-state index is 13.7. The summed E-state index contributed by atoms with van der Waals surface area (Å²) >= 11 is 0. The summed E-state index contributed by atoms with van der Waals surface area (Å²) in [4.78, 5) is 34.9. The highest BCUT2D eigenvalue weighted by Crippen LogP contribution is 2.20. The van der Waals surface area contributed by atoms with Gasteiger partial charge in [-0.25, -0.2) is 4.68 Å². The monoisotopic (exact) mass is 473 g/mol. The first-order chi connectivity index (χ1) is 16.8. The zero-order valence-corrected chi connectivity index (χ0v) is 21.1. The quantitative estimate of drug-likeness (QED) is 0.541. The lowest BCUT2D eigenvalue weighted by Crippen LogP contribution is -2.37. The Kier molecular flexibility index (Phi) is 7.63. The van der Waals surface area contributed by atoms with Crippen LogP contribution in [0.1, 0.15) is 47.7 Å². The van der Waals surface area contributed by atoms with Gasteiger partial charge in [-0.15, -0.1) is 0 Å². The Morgan fingerprint density at radius 1 is 1.00 bits per heavy atom. The van der Waals surface area contributed by atoms with Crippen molar-refractivity contribution < 1.29 is 9.59 Å². The standard InChI is InChI=1S/C28H35N5O2/c1-20(2)14-27(34)31-12-13-32(19-23(18-31)16-25-9-5-6-11-29-25)28(35)24-8-7-10-26(17-24)33-22(4)15-21(3)30-33/h5-11,15,17,20,23H,12-14,16,18-19H2,1-4H3/t23-/m1/s1. The molecule has 0 unspecified atom stereocenters. The van der Waals surface area contributed by atoms with Gasteiger partial charge in [0.15, 0.2) is 0 Å². The fraction of sp³-hybridized carbons (Fsp3) is 0.429. The van der Waals surface area contributed by atoms with Crippen LogP contribution in [0, 0.1) is 25.7 Å². The van der Waals surface area contributed by atoms with Gasteiger partial charge < -0.3 is 9.80 Å². The molecule has 184 valence electrons. The fourth-order valence-electron chi connectivity index (χ4n) is 4.78. The average molecular weight is 474 g/mol. The number of carbonyl (C=O) groups is 2. The smallest absolute Gasteiger partial charge is 0.254 e. The van der Waals surface area contributed by atoms with Crippen molar-refractivity contribution in [3.63, 3.8) is 0 Å². The van der Waals surface area contributed by atoms with Crippen LogP contribution in [-0.2, 0) is 11.2 Å². The van der Waals surface area contributed by atoms with Crippen molar-refractivity contribution in [1.29, 1.82) is 0 Å². The third-order valence-electron chi connectivity index (χ3n) is 6.39. The van der Waals surface area contributed by atoms with E-state index in [4.69, 9.17) is 0 Å². The SMILES string of the molecule is Cc1cc(C)n(-c2cccc(C(=O)N3CCN(C(=O)CC(C)C)C[C@@H](Cc4ccccn4)C3)c2)n1. The minimum Gasteiger partial charge on any atom is -0.341 e. The molecule has 0 radical (unpaired) electrons. The van der Waals surface area contributed by atoms with Crippen LogP contribution in [-0.4, -0.2) is 62.6 Å². The molecule has 7 heteroatoms. The van der Waals surface area contributed by atoms with Gasteiger partial charge in [-0.05, 0) is 68.5 Å². The van der Waals surface area contributed by atoms with Crippen molar-refractivity contribution in [2.45, 2.75) is 40.5 Å². The Morgan fingerprint density at radius 3 is 2.46 bits per heavy atom. The van der Waals surface area contributed by atoms with Gasteiger partial charge in [0.1, 0.15) is 0 Å². The van der Waals surface area contributed by atoms with Crippen molar-refractivity contribution in [2.75, 3.05) is 26.2 Å². The van der Waals surface area contributed by atoms with E-state index in [2.05, 4.69) is 23.9 Å².